The summed E-state index contributed by atoms with van der Waals surface area (Å²) in [6, 6.07) is 12.6. The zero-order valence-corrected chi connectivity index (χ0v) is 14.5. The van der Waals surface area contributed by atoms with E-state index >= 15 is 0 Å². The van der Waals surface area contributed by atoms with Gasteiger partial charge in [-0.25, -0.2) is 0 Å². The summed E-state index contributed by atoms with van der Waals surface area (Å²) >= 11 is 1.75. The van der Waals surface area contributed by atoms with Crippen LogP contribution in [-0.2, 0) is 6.54 Å². The molecule has 0 unspecified atom stereocenters. The molecule has 2 aliphatic rings. The molecule has 6 heteroatoms. The van der Waals surface area contributed by atoms with Gasteiger partial charge in [0.05, 0.1) is 10.7 Å². The van der Waals surface area contributed by atoms with Crippen molar-refractivity contribution in [1.82, 2.24) is 14.4 Å². The first-order chi connectivity index (χ1) is 11.8. The zero-order valence-electron chi connectivity index (χ0n) is 13.7. The first-order valence-electron chi connectivity index (χ1n) is 8.18. The summed E-state index contributed by atoms with van der Waals surface area (Å²) in [7, 11) is 2.17. The lowest BCUT2D eigenvalue weighted by molar-refractivity contribution is 0.207. The fourth-order valence-electron chi connectivity index (χ4n) is 3.27. The van der Waals surface area contributed by atoms with Crippen LogP contribution in [0.3, 0.4) is 0 Å². The van der Waals surface area contributed by atoms with Gasteiger partial charge < -0.3 is 14.4 Å². The standard InChI is InChI=1S/C18H20N4OS/c1-20-8-10-21(11-9-20)16-13-22-14(12-19-23)6-7-18(22)24-17-5-3-2-4-15(16)17/h2-7,13H,8-12H2,1H3. The molecule has 4 rings (SSSR count). The van der Waals surface area contributed by atoms with E-state index in [1.807, 2.05) is 6.07 Å². The molecule has 0 bridgehead atoms. The largest absolute Gasteiger partial charge is 0.367 e. The van der Waals surface area contributed by atoms with E-state index in [4.69, 9.17) is 0 Å². The maximum atomic E-state index is 10.8. The average Bonchev–Trinajstić information content (AvgIpc) is 2.88. The van der Waals surface area contributed by atoms with Crippen molar-refractivity contribution in [3.63, 3.8) is 0 Å². The summed E-state index contributed by atoms with van der Waals surface area (Å²) in [5.74, 6) is 0. The Balaban J connectivity index is 1.82. The Labute approximate surface area is 145 Å². The molecule has 3 heterocycles. The van der Waals surface area contributed by atoms with Crippen LogP contribution in [0.25, 0.3) is 11.9 Å². The van der Waals surface area contributed by atoms with Crippen LogP contribution in [0.1, 0.15) is 11.3 Å². The summed E-state index contributed by atoms with van der Waals surface area (Å²) in [6.45, 7) is 4.35. The number of fused-ring (bicyclic) bond motifs is 2. The number of nitrogens with zero attached hydrogens (tertiary/aromatic N) is 4. The number of hydrogen-bond donors (Lipinski definition) is 0. The maximum Gasteiger partial charge on any atom is 0.122 e. The number of piperazine rings is 1. The van der Waals surface area contributed by atoms with Crippen LogP contribution in [0.5, 0.6) is 0 Å². The van der Waals surface area contributed by atoms with Gasteiger partial charge in [-0.15, -0.1) is 0 Å². The lowest BCUT2D eigenvalue weighted by Crippen LogP contribution is -2.43. The Morgan fingerprint density at radius 1 is 1.08 bits per heavy atom. The van der Waals surface area contributed by atoms with Gasteiger partial charge in [0.2, 0.25) is 0 Å². The maximum absolute atomic E-state index is 10.8. The molecule has 0 spiro atoms. The molecule has 0 radical (unpaired) electrons. The Morgan fingerprint density at radius 3 is 2.67 bits per heavy atom. The van der Waals surface area contributed by atoms with Crippen LogP contribution in [0, 0.1) is 4.91 Å². The highest BCUT2D eigenvalue weighted by Crippen LogP contribution is 2.40. The summed E-state index contributed by atoms with van der Waals surface area (Å²) in [5, 5.41) is 4.21. The first kappa shape index (κ1) is 15.5. The van der Waals surface area contributed by atoms with E-state index < -0.39 is 0 Å². The molecular weight excluding hydrogens is 320 g/mol. The fraction of sp³-hybridized carbons (Fsp3) is 0.333. The summed E-state index contributed by atoms with van der Waals surface area (Å²) < 4.78 is 2.12. The molecule has 0 atom stereocenters. The third-order valence-corrected chi connectivity index (χ3v) is 5.78. The van der Waals surface area contributed by atoms with Crippen LogP contribution >= 0.6 is 11.8 Å². The minimum atomic E-state index is 0.198. The van der Waals surface area contributed by atoms with Gasteiger partial charge in [-0.3, -0.25) is 0 Å². The van der Waals surface area contributed by atoms with E-state index in [9.17, 15) is 4.91 Å². The highest BCUT2D eigenvalue weighted by molar-refractivity contribution is 7.99. The number of hydrogen-bond acceptors (Lipinski definition) is 5. The van der Waals surface area contributed by atoms with E-state index in [-0.39, 0.29) is 6.54 Å². The number of benzene rings is 1. The Morgan fingerprint density at radius 2 is 1.88 bits per heavy atom. The van der Waals surface area contributed by atoms with Crippen LogP contribution in [0.2, 0.25) is 0 Å². The monoisotopic (exact) mass is 340 g/mol. The molecule has 124 valence electrons. The van der Waals surface area contributed by atoms with Crippen LogP contribution in [0.4, 0.5) is 0 Å². The molecule has 1 saturated heterocycles. The predicted octanol–water partition coefficient (Wildman–Crippen LogP) is 3.42. The minimum absolute atomic E-state index is 0.198. The highest BCUT2D eigenvalue weighted by Gasteiger charge is 2.23. The minimum Gasteiger partial charge on any atom is -0.367 e. The van der Waals surface area contributed by atoms with Crippen molar-refractivity contribution in [2.45, 2.75) is 16.5 Å². The van der Waals surface area contributed by atoms with E-state index in [1.54, 1.807) is 11.8 Å². The second kappa shape index (κ2) is 6.45. The quantitative estimate of drug-likeness (QED) is 0.803. The van der Waals surface area contributed by atoms with Crippen molar-refractivity contribution < 1.29 is 0 Å². The van der Waals surface area contributed by atoms with E-state index in [1.165, 1.54) is 16.2 Å². The SMILES string of the molecule is CN1CCN(C2=Cn3c(CN=O)ccc3Sc3ccccc32)CC1. The van der Waals surface area contributed by atoms with Gasteiger partial charge in [-0.1, -0.05) is 35.1 Å². The van der Waals surface area contributed by atoms with E-state index in [0.717, 1.165) is 36.9 Å². The smallest absolute Gasteiger partial charge is 0.122 e. The molecule has 0 N–H and O–H groups in total. The molecule has 5 nitrogen and oxygen atoms in total. The lowest BCUT2D eigenvalue weighted by atomic mass is 10.1. The molecule has 24 heavy (non-hydrogen) atoms. The van der Waals surface area contributed by atoms with Crippen molar-refractivity contribution in [2.75, 3.05) is 33.2 Å². The van der Waals surface area contributed by atoms with Crippen LogP contribution in [0.15, 0.2) is 51.5 Å². The van der Waals surface area contributed by atoms with Crippen molar-refractivity contribution in [3.8, 4) is 0 Å². The zero-order chi connectivity index (χ0) is 16.5. The second-order valence-electron chi connectivity index (χ2n) is 6.22. The Hall–Kier alpha value is -2.05. The molecule has 1 aromatic carbocycles. The molecule has 1 aromatic heterocycles. The molecular formula is C18H20N4OS. The van der Waals surface area contributed by atoms with E-state index in [2.05, 4.69) is 63.1 Å². The van der Waals surface area contributed by atoms with Crippen molar-refractivity contribution >= 4 is 23.7 Å². The molecule has 2 aromatic rings. The van der Waals surface area contributed by atoms with Crippen molar-refractivity contribution in [1.29, 1.82) is 0 Å². The number of rotatable bonds is 3. The average molecular weight is 340 g/mol. The lowest BCUT2D eigenvalue weighted by Gasteiger charge is -2.35. The van der Waals surface area contributed by atoms with E-state index in [0.29, 0.717) is 0 Å². The van der Waals surface area contributed by atoms with Gasteiger partial charge in [0.25, 0.3) is 0 Å². The topological polar surface area (TPSA) is 40.8 Å². The van der Waals surface area contributed by atoms with Crippen LogP contribution < -0.4 is 0 Å². The van der Waals surface area contributed by atoms with Gasteiger partial charge >= 0.3 is 0 Å². The molecule has 0 amide bonds. The first-order valence-corrected chi connectivity index (χ1v) is 8.99. The highest BCUT2D eigenvalue weighted by atomic mass is 32.2. The third kappa shape index (κ3) is 2.76. The third-order valence-electron chi connectivity index (χ3n) is 4.66. The number of likely N-dealkylation sites (N-methyl/N-ethyl adjacent to an activating group) is 1. The summed E-state index contributed by atoms with van der Waals surface area (Å²) in [4.78, 5) is 16.8. The number of nitroso groups, excluding NO2 is 1. The van der Waals surface area contributed by atoms with Gasteiger partial charge in [0.15, 0.2) is 0 Å². The van der Waals surface area contributed by atoms with Crippen molar-refractivity contribution in [3.05, 3.63) is 52.6 Å². The van der Waals surface area contributed by atoms with Gasteiger partial charge in [0, 0.05) is 48.5 Å². The molecule has 1 fully saturated rings. The predicted molar refractivity (Wildman–Crippen MR) is 97.7 cm³/mol. The van der Waals surface area contributed by atoms with Crippen molar-refractivity contribution in [2.24, 2.45) is 5.18 Å². The normalized spacial score (nSPS) is 17.7. The second-order valence-corrected chi connectivity index (χ2v) is 7.29. The fourth-order valence-corrected chi connectivity index (χ4v) is 4.32. The Bertz CT molecular complexity index is 790. The summed E-state index contributed by atoms with van der Waals surface area (Å²) in [6.07, 6.45) is 2.18. The molecule has 0 saturated carbocycles. The van der Waals surface area contributed by atoms with Gasteiger partial charge in [0.1, 0.15) is 6.54 Å². The van der Waals surface area contributed by atoms with Gasteiger partial charge in [-0.05, 0) is 25.2 Å². The Kier molecular flexibility index (Phi) is 4.16. The van der Waals surface area contributed by atoms with Gasteiger partial charge in [-0.2, -0.15) is 4.91 Å². The molecule has 2 aliphatic heterocycles. The van der Waals surface area contributed by atoms with Crippen LogP contribution in [-0.4, -0.2) is 47.6 Å². The molecule has 0 aliphatic carbocycles. The number of aromatic nitrogens is 1. The summed E-state index contributed by atoms with van der Waals surface area (Å²) in [5.41, 5.74) is 3.43.